The second kappa shape index (κ2) is 6.67. The number of hydrogen-bond donors (Lipinski definition) is 3. The Balaban J connectivity index is 1.82. The number of aromatic amines is 1. The van der Waals surface area contributed by atoms with Gasteiger partial charge in [0.15, 0.2) is 5.82 Å². The van der Waals surface area contributed by atoms with Crippen LogP contribution in [-0.2, 0) is 18.0 Å². The molecule has 3 N–H and O–H groups in total. The summed E-state index contributed by atoms with van der Waals surface area (Å²) in [4.78, 5) is 15.6. The van der Waals surface area contributed by atoms with Gasteiger partial charge in [-0.1, -0.05) is 30.3 Å². The third kappa shape index (κ3) is 3.79. The van der Waals surface area contributed by atoms with Crippen LogP contribution in [0.15, 0.2) is 30.3 Å². The van der Waals surface area contributed by atoms with Crippen molar-refractivity contribution in [3.63, 3.8) is 0 Å². The molecule has 1 heterocycles. The lowest BCUT2D eigenvalue weighted by Gasteiger charge is -2.11. The van der Waals surface area contributed by atoms with Gasteiger partial charge in [-0.15, -0.1) is 0 Å². The van der Waals surface area contributed by atoms with Crippen molar-refractivity contribution >= 4 is 6.09 Å². The molecule has 0 aliphatic heterocycles. The van der Waals surface area contributed by atoms with Crippen molar-refractivity contribution in [1.29, 1.82) is 0 Å². The fourth-order valence-corrected chi connectivity index (χ4v) is 1.58. The monoisotopic (exact) mass is 276 g/mol. The Morgan fingerprint density at radius 1 is 1.45 bits per heavy atom. The first-order chi connectivity index (χ1) is 9.69. The maximum atomic E-state index is 11.6. The maximum Gasteiger partial charge on any atom is 0.408 e. The molecule has 0 radical (unpaired) electrons. The van der Waals surface area contributed by atoms with Crippen LogP contribution in [-0.4, -0.2) is 26.4 Å². The third-order valence-corrected chi connectivity index (χ3v) is 2.63. The number of carbonyl (C=O) groups excluding carboxylic acids is 1. The van der Waals surface area contributed by atoms with E-state index < -0.39 is 12.1 Å². The summed E-state index contributed by atoms with van der Waals surface area (Å²) in [5.41, 5.74) is 0.913. The van der Waals surface area contributed by atoms with Crippen LogP contribution in [0.2, 0.25) is 0 Å². The number of H-pyrrole nitrogens is 1. The Kier molecular flexibility index (Phi) is 4.67. The number of benzene rings is 1. The van der Waals surface area contributed by atoms with Crippen LogP contribution in [0.25, 0.3) is 0 Å². The fourth-order valence-electron chi connectivity index (χ4n) is 1.58. The molecule has 0 bridgehead atoms. The van der Waals surface area contributed by atoms with Gasteiger partial charge < -0.3 is 15.2 Å². The fraction of sp³-hybridized carbons (Fsp3) is 0.308. The Morgan fingerprint density at radius 2 is 2.20 bits per heavy atom. The van der Waals surface area contributed by atoms with Crippen LogP contribution in [0.4, 0.5) is 4.79 Å². The zero-order valence-electron chi connectivity index (χ0n) is 11.0. The zero-order chi connectivity index (χ0) is 14.4. The molecule has 0 saturated carbocycles. The summed E-state index contributed by atoms with van der Waals surface area (Å²) in [6.45, 7) is 1.71. The van der Waals surface area contributed by atoms with E-state index >= 15 is 0 Å². The molecule has 7 heteroatoms. The molecule has 2 aromatic rings. The van der Waals surface area contributed by atoms with Crippen LogP contribution < -0.4 is 5.32 Å². The number of nitrogens with one attached hydrogen (secondary N) is 2. The Hall–Kier alpha value is -2.41. The van der Waals surface area contributed by atoms with Gasteiger partial charge in [-0.05, 0) is 12.5 Å². The van der Waals surface area contributed by atoms with Crippen molar-refractivity contribution in [2.75, 3.05) is 0 Å². The average Bonchev–Trinajstić information content (AvgIpc) is 2.95. The quantitative estimate of drug-likeness (QED) is 0.764. The number of alkyl carbamates (subject to hydrolysis) is 1. The summed E-state index contributed by atoms with van der Waals surface area (Å²) in [7, 11) is 0. The summed E-state index contributed by atoms with van der Waals surface area (Å²) < 4.78 is 5.09. The number of aliphatic hydroxyl groups excluding tert-OH is 1. The molecule has 0 unspecified atom stereocenters. The normalized spacial score (nSPS) is 11.9. The second-order valence-electron chi connectivity index (χ2n) is 4.23. The Bertz CT molecular complexity index is 556. The zero-order valence-corrected chi connectivity index (χ0v) is 11.0. The lowest BCUT2D eigenvalue weighted by Crippen LogP contribution is -2.28. The lowest BCUT2D eigenvalue weighted by molar-refractivity contribution is 0.136. The molecule has 106 valence electrons. The first kappa shape index (κ1) is 14.0. The average molecular weight is 276 g/mol. The molecule has 2 rings (SSSR count). The molecule has 1 amide bonds. The Morgan fingerprint density at radius 3 is 2.85 bits per heavy atom. The minimum Gasteiger partial charge on any atom is -0.445 e. The third-order valence-electron chi connectivity index (χ3n) is 2.63. The van der Waals surface area contributed by atoms with Crippen LogP contribution in [0, 0.1) is 0 Å². The van der Waals surface area contributed by atoms with Crippen molar-refractivity contribution in [3.05, 3.63) is 47.5 Å². The largest absolute Gasteiger partial charge is 0.445 e. The minimum absolute atomic E-state index is 0.204. The van der Waals surface area contributed by atoms with Crippen molar-refractivity contribution in [3.8, 4) is 0 Å². The van der Waals surface area contributed by atoms with E-state index in [2.05, 4.69) is 20.5 Å². The molecule has 1 atom stereocenters. The molecule has 0 aliphatic rings. The SMILES string of the molecule is C[C@H](NC(=O)OCc1ccccc1)c1n[nH]c(CO)n1. The molecular weight excluding hydrogens is 260 g/mol. The van der Waals surface area contributed by atoms with E-state index in [9.17, 15) is 4.79 Å². The summed E-state index contributed by atoms with van der Waals surface area (Å²) in [6.07, 6.45) is -0.545. The number of aliphatic hydroxyl groups is 1. The number of aromatic nitrogens is 3. The first-order valence-corrected chi connectivity index (χ1v) is 6.18. The molecule has 0 aliphatic carbocycles. The van der Waals surface area contributed by atoms with Gasteiger partial charge in [0.2, 0.25) is 0 Å². The smallest absolute Gasteiger partial charge is 0.408 e. The van der Waals surface area contributed by atoms with Gasteiger partial charge in [0, 0.05) is 0 Å². The topological polar surface area (TPSA) is 100 Å². The van der Waals surface area contributed by atoms with Crippen LogP contribution in [0.5, 0.6) is 0 Å². The minimum atomic E-state index is -0.545. The Labute approximate surface area is 116 Å². The maximum absolute atomic E-state index is 11.6. The molecule has 20 heavy (non-hydrogen) atoms. The van der Waals surface area contributed by atoms with Crippen molar-refractivity contribution in [2.24, 2.45) is 0 Å². The van der Waals surface area contributed by atoms with E-state index in [4.69, 9.17) is 9.84 Å². The molecule has 0 saturated heterocycles. The van der Waals surface area contributed by atoms with Gasteiger partial charge in [0.05, 0.1) is 6.04 Å². The van der Waals surface area contributed by atoms with Gasteiger partial charge in [0.1, 0.15) is 19.0 Å². The summed E-state index contributed by atoms with van der Waals surface area (Å²) >= 11 is 0. The number of nitrogens with zero attached hydrogens (tertiary/aromatic N) is 2. The number of amides is 1. The van der Waals surface area contributed by atoms with Crippen molar-refractivity contribution in [1.82, 2.24) is 20.5 Å². The van der Waals surface area contributed by atoms with Gasteiger partial charge >= 0.3 is 6.09 Å². The highest BCUT2D eigenvalue weighted by molar-refractivity contribution is 5.67. The number of hydrogen-bond acceptors (Lipinski definition) is 5. The molecule has 0 spiro atoms. The van der Waals surface area contributed by atoms with Crippen molar-refractivity contribution in [2.45, 2.75) is 26.2 Å². The number of carbonyl (C=O) groups is 1. The molecular formula is C13H16N4O3. The molecule has 1 aromatic carbocycles. The predicted octanol–water partition coefficient (Wildman–Crippen LogP) is 1.28. The second-order valence-corrected chi connectivity index (χ2v) is 4.23. The molecule has 0 fully saturated rings. The van der Waals surface area contributed by atoms with E-state index in [1.165, 1.54) is 0 Å². The predicted molar refractivity (Wildman–Crippen MR) is 70.5 cm³/mol. The van der Waals surface area contributed by atoms with Gasteiger partial charge in [-0.25, -0.2) is 9.78 Å². The van der Waals surface area contributed by atoms with Crippen LogP contribution in [0.3, 0.4) is 0 Å². The lowest BCUT2D eigenvalue weighted by atomic mass is 10.2. The summed E-state index contributed by atoms with van der Waals surface area (Å²) in [6, 6.07) is 8.99. The first-order valence-electron chi connectivity index (χ1n) is 6.18. The highest BCUT2D eigenvalue weighted by Gasteiger charge is 2.14. The van der Waals surface area contributed by atoms with Gasteiger partial charge in [-0.2, -0.15) is 5.10 Å². The van der Waals surface area contributed by atoms with E-state index in [1.807, 2.05) is 30.3 Å². The molecule has 1 aromatic heterocycles. The number of rotatable bonds is 5. The summed E-state index contributed by atoms with van der Waals surface area (Å²) in [5, 5.41) is 18.0. The van der Waals surface area contributed by atoms with E-state index in [0.717, 1.165) is 5.56 Å². The molecule has 7 nitrogen and oxygen atoms in total. The highest BCUT2D eigenvalue weighted by atomic mass is 16.5. The van der Waals surface area contributed by atoms with Crippen LogP contribution in [0.1, 0.15) is 30.2 Å². The van der Waals surface area contributed by atoms with Gasteiger partial charge in [-0.3, -0.25) is 5.10 Å². The summed E-state index contributed by atoms with van der Waals surface area (Å²) in [5.74, 6) is 0.747. The van der Waals surface area contributed by atoms with Gasteiger partial charge in [0.25, 0.3) is 0 Å². The standard InChI is InChI=1S/C13H16N4O3/c1-9(12-15-11(7-18)16-17-12)14-13(19)20-8-10-5-3-2-4-6-10/h2-6,9,18H,7-8H2,1H3,(H,14,19)(H,15,16,17)/t9-/m0/s1. The van der Waals surface area contributed by atoms with E-state index in [0.29, 0.717) is 11.6 Å². The number of ether oxygens (including phenoxy) is 1. The van der Waals surface area contributed by atoms with Crippen molar-refractivity contribution < 1.29 is 14.6 Å². The van der Waals surface area contributed by atoms with Crippen LogP contribution >= 0.6 is 0 Å². The van der Waals surface area contributed by atoms with E-state index in [1.54, 1.807) is 6.92 Å². The van der Waals surface area contributed by atoms with E-state index in [-0.39, 0.29) is 13.2 Å². The highest BCUT2D eigenvalue weighted by Crippen LogP contribution is 2.07.